The second kappa shape index (κ2) is 4.03. The first-order valence-electron chi connectivity index (χ1n) is 6.32. The van der Waals surface area contributed by atoms with Crippen molar-refractivity contribution in [1.82, 2.24) is 4.90 Å². The van der Waals surface area contributed by atoms with Gasteiger partial charge in [0.1, 0.15) is 0 Å². The van der Waals surface area contributed by atoms with E-state index in [9.17, 15) is 0 Å². The van der Waals surface area contributed by atoms with Crippen molar-refractivity contribution in [3.05, 3.63) is 0 Å². The fourth-order valence-corrected chi connectivity index (χ4v) is 3.45. The van der Waals surface area contributed by atoms with Gasteiger partial charge in [-0.2, -0.15) is 0 Å². The summed E-state index contributed by atoms with van der Waals surface area (Å²) < 4.78 is 0. The van der Waals surface area contributed by atoms with Gasteiger partial charge in [-0.25, -0.2) is 0 Å². The summed E-state index contributed by atoms with van der Waals surface area (Å²) in [6.45, 7) is 6.54. The maximum atomic E-state index is 6.01. The molecule has 0 saturated heterocycles. The third-order valence-electron chi connectivity index (χ3n) is 4.19. The Morgan fingerprint density at radius 1 is 1.53 bits per heavy atom. The van der Waals surface area contributed by atoms with Gasteiger partial charge in [0.05, 0.1) is 12.1 Å². The van der Waals surface area contributed by atoms with E-state index in [1.165, 1.54) is 25.7 Å². The lowest BCUT2D eigenvalue weighted by atomic mass is 9.84. The highest BCUT2D eigenvalue weighted by atomic mass is 15.4. The van der Waals surface area contributed by atoms with E-state index < -0.39 is 0 Å². The maximum Gasteiger partial charge on any atom is 0.191 e. The van der Waals surface area contributed by atoms with Gasteiger partial charge in [0.2, 0.25) is 0 Å². The Labute approximate surface area is 92.7 Å². The van der Waals surface area contributed by atoms with E-state index in [1.54, 1.807) is 0 Å². The Morgan fingerprint density at radius 3 is 3.00 bits per heavy atom. The molecule has 2 N–H and O–H groups in total. The second-order valence-electron chi connectivity index (χ2n) is 4.93. The zero-order chi connectivity index (χ0) is 10.9. The third kappa shape index (κ3) is 1.52. The molecule has 2 atom stereocenters. The van der Waals surface area contributed by atoms with Crippen LogP contribution >= 0.6 is 0 Å². The second-order valence-corrected chi connectivity index (χ2v) is 4.93. The van der Waals surface area contributed by atoms with Crippen molar-refractivity contribution < 1.29 is 0 Å². The maximum absolute atomic E-state index is 6.01. The summed E-state index contributed by atoms with van der Waals surface area (Å²) in [4.78, 5) is 6.89. The average molecular weight is 209 g/mol. The van der Waals surface area contributed by atoms with Crippen LogP contribution in [0.4, 0.5) is 0 Å². The molecule has 0 aromatic rings. The molecule has 1 aliphatic heterocycles. The number of hydrogen-bond donors (Lipinski definition) is 1. The largest absolute Gasteiger partial charge is 0.370 e. The Kier molecular flexibility index (Phi) is 2.89. The van der Waals surface area contributed by atoms with Crippen LogP contribution in [0.5, 0.6) is 0 Å². The van der Waals surface area contributed by atoms with Crippen LogP contribution in [0.2, 0.25) is 0 Å². The molecule has 0 radical (unpaired) electrons. The summed E-state index contributed by atoms with van der Waals surface area (Å²) in [6, 6.07) is 0. The topological polar surface area (TPSA) is 41.6 Å². The molecule has 0 aromatic heterocycles. The first-order chi connectivity index (χ1) is 7.24. The number of nitrogens with zero attached hydrogens (tertiary/aromatic N) is 2. The van der Waals surface area contributed by atoms with E-state index in [4.69, 9.17) is 5.73 Å². The van der Waals surface area contributed by atoms with Crippen molar-refractivity contribution in [3.63, 3.8) is 0 Å². The van der Waals surface area contributed by atoms with Crippen LogP contribution in [0.15, 0.2) is 4.99 Å². The Morgan fingerprint density at radius 2 is 2.33 bits per heavy atom. The van der Waals surface area contributed by atoms with Crippen LogP contribution < -0.4 is 5.73 Å². The first-order valence-corrected chi connectivity index (χ1v) is 6.32. The molecule has 0 amide bonds. The molecular weight excluding hydrogens is 186 g/mol. The van der Waals surface area contributed by atoms with Gasteiger partial charge in [0, 0.05) is 6.54 Å². The van der Waals surface area contributed by atoms with Crippen LogP contribution in [0.1, 0.15) is 46.0 Å². The lowest BCUT2D eigenvalue weighted by Crippen LogP contribution is -2.54. The zero-order valence-electron chi connectivity index (χ0n) is 10.00. The van der Waals surface area contributed by atoms with Crippen molar-refractivity contribution in [2.75, 3.05) is 13.1 Å². The van der Waals surface area contributed by atoms with Gasteiger partial charge in [-0.3, -0.25) is 4.99 Å². The molecule has 3 nitrogen and oxygen atoms in total. The SMILES string of the molecule is CCCN1C(N)=NCC12CCCC2CC. The Bertz CT molecular complexity index is 262. The molecule has 0 aromatic carbocycles. The Hall–Kier alpha value is -0.730. The van der Waals surface area contributed by atoms with E-state index in [1.807, 2.05) is 0 Å². The highest BCUT2D eigenvalue weighted by molar-refractivity contribution is 5.81. The molecule has 1 spiro atoms. The predicted octanol–water partition coefficient (Wildman–Crippen LogP) is 1.98. The van der Waals surface area contributed by atoms with Crippen molar-refractivity contribution in [1.29, 1.82) is 0 Å². The van der Waals surface area contributed by atoms with Crippen molar-refractivity contribution in [3.8, 4) is 0 Å². The van der Waals surface area contributed by atoms with Crippen molar-refractivity contribution in [2.45, 2.75) is 51.5 Å². The van der Waals surface area contributed by atoms with Gasteiger partial charge in [-0.15, -0.1) is 0 Å². The molecule has 86 valence electrons. The minimum Gasteiger partial charge on any atom is -0.370 e. The molecule has 1 saturated carbocycles. The van der Waals surface area contributed by atoms with Gasteiger partial charge >= 0.3 is 0 Å². The summed E-state index contributed by atoms with van der Waals surface area (Å²) in [5.74, 6) is 1.59. The molecule has 3 heteroatoms. The molecule has 0 bridgehead atoms. The van der Waals surface area contributed by atoms with Gasteiger partial charge in [0.25, 0.3) is 0 Å². The quantitative estimate of drug-likeness (QED) is 0.772. The third-order valence-corrected chi connectivity index (χ3v) is 4.19. The van der Waals surface area contributed by atoms with Crippen LogP contribution in [0.25, 0.3) is 0 Å². The van der Waals surface area contributed by atoms with Crippen molar-refractivity contribution >= 4 is 5.96 Å². The smallest absolute Gasteiger partial charge is 0.191 e. The lowest BCUT2D eigenvalue weighted by Gasteiger charge is -2.40. The van der Waals surface area contributed by atoms with Crippen LogP contribution in [0.3, 0.4) is 0 Å². The fraction of sp³-hybridized carbons (Fsp3) is 0.917. The van der Waals surface area contributed by atoms with Crippen LogP contribution in [-0.4, -0.2) is 29.5 Å². The molecule has 1 fully saturated rings. The summed E-state index contributed by atoms with van der Waals surface area (Å²) in [6.07, 6.45) is 6.42. The molecule has 2 unspecified atom stereocenters. The van der Waals surface area contributed by atoms with Crippen LogP contribution in [-0.2, 0) is 0 Å². The van der Waals surface area contributed by atoms with Crippen LogP contribution in [0, 0.1) is 5.92 Å². The molecule has 2 rings (SSSR count). The zero-order valence-corrected chi connectivity index (χ0v) is 10.00. The van der Waals surface area contributed by atoms with Gasteiger partial charge < -0.3 is 10.6 Å². The summed E-state index contributed by atoms with van der Waals surface area (Å²) >= 11 is 0. The number of rotatable bonds is 3. The summed E-state index contributed by atoms with van der Waals surface area (Å²) in [7, 11) is 0. The lowest BCUT2D eigenvalue weighted by molar-refractivity contribution is 0.143. The van der Waals surface area contributed by atoms with Gasteiger partial charge in [-0.1, -0.05) is 26.7 Å². The molecule has 1 aliphatic carbocycles. The van der Waals surface area contributed by atoms with Crippen molar-refractivity contribution in [2.24, 2.45) is 16.6 Å². The predicted molar refractivity (Wildman–Crippen MR) is 63.8 cm³/mol. The number of aliphatic imine (C=N–C) groups is 1. The van der Waals surface area contributed by atoms with Gasteiger partial charge in [0.15, 0.2) is 5.96 Å². The summed E-state index contributed by atoms with van der Waals surface area (Å²) in [5, 5.41) is 0. The molecule has 15 heavy (non-hydrogen) atoms. The number of guanidine groups is 1. The van der Waals surface area contributed by atoms with Gasteiger partial charge in [-0.05, 0) is 25.2 Å². The van der Waals surface area contributed by atoms with E-state index in [0.717, 1.165) is 31.4 Å². The molecular formula is C12H23N3. The van der Waals surface area contributed by atoms with E-state index >= 15 is 0 Å². The highest BCUT2D eigenvalue weighted by Gasteiger charge is 2.49. The standard InChI is InChI=1S/C12H23N3/c1-3-8-15-11(13)14-9-12(15)7-5-6-10(12)4-2/h10H,3-9H2,1-2H3,(H2,13,14). The summed E-state index contributed by atoms with van der Waals surface area (Å²) in [5.41, 5.74) is 6.31. The average Bonchev–Trinajstić information content (AvgIpc) is 2.78. The van der Waals surface area contributed by atoms with E-state index in [0.29, 0.717) is 5.54 Å². The first kappa shape index (κ1) is 10.8. The number of nitrogens with two attached hydrogens (primary N) is 1. The monoisotopic (exact) mass is 209 g/mol. The highest BCUT2D eigenvalue weighted by Crippen LogP contribution is 2.44. The number of hydrogen-bond acceptors (Lipinski definition) is 3. The minimum absolute atomic E-state index is 0.300. The van der Waals surface area contributed by atoms with E-state index in [-0.39, 0.29) is 0 Å². The molecule has 2 aliphatic rings. The molecule has 1 heterocycles. The Balaban J connectivity index is 2.20. The normalized spacial score (nSPS) is 35.2. The fourth-order valence-electron chi connectivity index (χ4n) is 3.45. The van der Waals surface area contributed by atoms with E-state index in [2.05, 4.69) is 23.7 Å². The minimum atomic E-state index is 0.300.